The number of aromatic amines is 1. The summed E-state index contributed by atoms with van der Waals surface area (Å²) >= 11 is 0. The molecule has 0 spiro atoms. The van der Waals surface area contributed by atoms with E-state index in [2.05, 4.69) is 41.1 Å². The molecule has 1 N–H and O–H groups in total. The molecule has 2 heterocycles. The lowest BCUT2D eigenvalue weighted by Gasteiger charge is -2.40. The van der Waals surface area contributed by atoms with E-state index < -0.39 is 0 Å². The number of aryl methyl sites for hydroxylation is 1. The molecule has 0 unspecified atom stereocenters. The number of para-hydroxylation sites is 1. The van der Waals surface area contributed by atoms with E-state index in [9.17, 15) is 4.79 Å². The second-order valence-corrected chi connectivity index (χ2v) is 8.20. The standard InChI is InChI=1S/C22H30N2O2/c1-3-26-21(25)22(14-17-8-9-17)10-12-24(13-11-22)15-19-16(2)23-20-7-5-4-6-18(19)20/h4-7,17,23H,3,8-15H2,1-2H3. The first-order valence-electron chi connectivity index (χ1n) is 10.1. The molecular formula is C22H30N2O2. The summed E-state index contributed by atoms with van der Waals surface area (Å²) in [5, 5.41) is 1.32. The van der Waals surface area contributed by atoms with Gasteiger partial charge in [0.05, 0.1) is 12.0 Å². The predicted molar refractivity (Wildman–Crippen MR) is 104 cm³/mol. The number of carbonyl (C=O) groups excluding carboxylic acids is 1. The summed E-state index contributed by atoms with van der Waals surface area (Å²) < 4.78 is 5.47. The molecule has 0 amide bonds. The molecule has 1 aromatic heterocycles. The van der Waals surface area contributed by atoms with Crippen molar-refractivity contribution in [1.29, 1.82) is 0 Å². The van der Waals surface area contributed by atoms with E-state index in [1.807, 2.05) is 6.92 Å². The van der Waals surface area contributed by atoms with Crippen LogP contribution in [0, 0.1) is 18.3 Å². The minimum atomic E-state index is -0.233. The maximum absolute atomic E-state index is 12.7. The van der Waals surface area contributed by atoms with E-state index in [0.29, 0.717) is 6.61 Å². The van der Waals surface area contributed by atoms with Crippen molar-refractivity contribution >= 4 is 16.9 Å². The van der Waals surface area contributed by atoms with Gasteiger partial charge in [-0.2, -0.15) is 0 Å². The Kier molecular flexibility index (Phi) is 4.78. The smallest absolute Gasteiger partial charge is 0.312 e. The molecule has 26 heavy (non-hydrogen) atoms. The summed E-state index contributed by atoms with van der Waals surface area (Å²) in [7, 11) is 0. The molecule has 0 atom stereocenters. The Hall–Kier alpha value is -1.81. The van der Waals surface area contributed by atoms with Crippen molar-refractivity contribution < 1.29 is 9.53 Å². The van der Waals surface area contributed by atoms with Crippen LogP contribution in [-0.4, -0.2) is 35.5 Å². The largest absolute Gasteiger partial charge is 0.466 e. The van der Waals surface area contributed by atoms with Gasteiger partial charge in [0, 0.05) is 23.1 Å². The molecule has 2 fully saturated rings. The van der Waals surface area contributed by atoms with Gasteiger partial charge in [-0.05, 0) is 63.7 Å². The number of H-pyrrole nitrogens is 1. The molecule has 0 radical (unpaired) electrons. The van der Waals surface area contributed by atoms with Crippen molar-refractivity contribution in [2.24, 2.45) is 11.3 Å². The quantitative estimate of drug-likeness (QED) is 0.781. The van der Waals surface area contributed by atoms with Crippen molar-refractivity contribution in [3.63, 3.8) is 0 Å². The molecule has 4 nitrogen and oxygen atoms in total. The number of aromatic nitrogens is 1. The Morgan fingerprint density at radius 3 is 2.69 bits per heavy atom. The van der Waals surface area contributed by atoms with Crippen molar-refractivity contribution in [3.8, 4) is 0 Å². The maximum atomic E-state index is 12.7. The van der Waals surface area contributed by atoms with E-state index in [1.54, 1.807) is 0 Å². The number of hydrogen-bond acceptors (Lipinski definition) is 3. The van der Waals surface area contributed by atoms with E-state index in [-0.39, 0.29) is 11.4 Å². The molecule has 1 saturated carbocycles. The third kappa shape index (κ3) is 3.39. The first kappa shape index (κ1) is 17.6. The summed E-state index contributed by atoms with van der Waals surface area (Å²) in [6.07, 6.45) is 5.48. The Morgan fingerprint density at radius 2 is 2.00 bits per heavy atom. The number of ether oxygens (including phenoxy) is 1. The average molecular weight is 354 g/mol. The molecule has 4 heteroatoms. The number of fused-ring (bicyclic) bond motifs is 1. The Labute approximate surface area is 155 Å². The number of esters is 1. The highest BCUT2D eigenvalue weighted by Crippen LogP contribution is 2.46. The summed E-state index contributed by atoms with van der Waals surface area (Å²) in [6, 6.07) is 8.53. The van der Waals surface area contributed by atoms with E-state index in [1.165, 1.54) is 35.0 Å². The minimum Gasteiger partial charge on any atom is -0.466 e. The normalized spacial score (nSPS) is 20.4. The predicted octanol–water partition coefficient (Wildman–Crippen LogP) is 4.42. The fourth-order valence-electron chi connectivity index (χ4n) is 4.55. The van der Waals surface area contributed by atoms with Gasteiger partial charge in [0.15, 0.2) is 0 Å². The number of nitrogens with zero attached hydrogens (tertiary/aromatic N) is 1. The van der Waals surface area contributed by atoms with Gasteiger partial charge < -0.3 is 9.72 Å². The van der Waals surface area contributed by atoms with Crippen molar-refractivity contribution in [2.45, 2.75) is 52.5 Å². The SMILES string of the molecule is CCOC(=O)C1(CC2CC2)CCN(Cc2c(C)[nH]c3ccccc23)CC1. The van der Waals surface area contributed by atoms with Crippen LogP contribution in [0.2, 0.25) is 0 Å². The zero-order valence-electron chi connectivity index (χ0n) is 16.0. The fraction of sp³-hybridized carbons (Fsp3) is 0.591. The molecule has 1 aliphatic carbocycles. The lowest BCUT2D eigenvalue weighted by atomic mass is 9.74. The highest BCUT2D eigenvalue weighted by atomic mass is 16.5. The van der Waals surface area contributed by atoms with Gasteiger partial charge >= 0.3 is 5.97 Å². The second kappa shape index (κ2) is 7.07. The van der Waals surface area contributed by atoms with Crippen LogP contribution < -0.4 is 0 Å². The van der Waals surface area contributed by atoms with Gasteiger partial charge in [0.25, 0.3) is 0 Å². The van der Waals surface area contributed by atoms with Crippen LogP contribution in [0.3, 0.4) is 0 Å². The molecule has 1 aliphatic heterocycles. The number of rotatable bonds is 6. The first-order chi connectivity index (χ1) is 12.6. The lowest BCUT2D eigenvalue weighted by Crippen LogP contribution is -2.45. The zero-order valence-corrected chi connectivity index (χ0v) is 16.0. The summed E-state index contributed by atoms with van der Waals surface area (Å²) in [5.74, 6) is 0.802. The van der Waals surface area contributed by atoms with Gasteiger partial charge in [-0.3, -0.25) is 9.69 Å². The monoisotopic (exact) mass is 354 g/mol. The van der Waals surface area contributed by atoms with Crippen LogP contribution in [-0.2, 0) is 16.1 Å². The first-order valence-corrected chi connectivity index (χ1v) is 10.1. The molecule has 140 valence electrons. The Balaban J connectivity index is 1.46. The van der Waals surface area contributed by atoms with Crippen molar-refractivity contribution in [1.82, 2.24) is 9.88 Å². The van der Waals surface area contributed by atoms with Crippen LogP contribution in [0.1, 0.15) is 50.3 Å². The van der Waals surface area contributed by atoms with Crippen molar-refractivity contribution in [2.75, 3.05) is 19.7 Å². The van der Waals surface area contributed by atoms with Crippen molar-refractivity contribution in [3.05, 3.63) is 35.5 Å². The molecule has 2 aliphatic rings. The number of likely N-dealkylation sites (tertiary alicyclic amines) is 1. The van der Waals surface area contributed by atoms with Gasteiger partial charge in [0.2, 0.25) is 0 Å². The average Bonchev–Trinajstić information content (AvgIpc) is 3.40. The van der Waals surface area contributed by atoms with Gasteiger partial charge in [0.1, 0.15) is 0 Å². The van der Waals surface area contributed by atoms with Crippen LogP contribution in [0.15, 0.2) is 24.3 Å². The Morgan fingerprint density at radius 1 is 1.27 bits per heavy atom. The number of piperidine rings is 1. The van der Waals surface area contributed by atoms with Crippen LogP contribution in [0.4, 0.5) is 0 Å². The van der Waals surface area contributed by atoms with E-state index >= 15 is 0 Å². The zero-order chi connectivity index (χ0) is 18.1. The third-order valence-electron chi connectivity index (χ3n) is 6.31. The fourth-order valence-corrected chi connectivity index (χ4v) is 4.55. The van der Waals surface area contributed by atoms with Gasteiger partial charge in [-0.15, -0.1) is 0 Å². The summed E-state index contributed by atoms with van der Waals surface area (Å²) in [4.78, 5) is 18.7. The molecule has 1 aromatic carbocycles. The lowest BCUT2D eigenvalue weighted by molar-refractivity contribution is -0.159. The van der Waals surface area contributed by atoms with E-state index in [4.69, 9.17) is 4.74 Å². The third-order valence-corrected chi connectivity index (χ3v) is 6.31. The number of benzene rings is 1. The molecular weight excluding hydrogens is 324 g/mol. The van der Waals surface area contributed by atoms with Crippen LogP contribution >= 0.6 is 0 Å². The van der Waals surface area contributed by atoms with Gasteiger partial charge in [-0.25, -0.2) is 0 Å². The topological polar surface area (TPSA) is 45.3 Å². The highest BCUT2D eigenvalue weighted by molar-refractivity contribution is 5.84. The highest BCUT2D eigenvalue weighted by Gasteiger charge is 2.46. The number of carbonyl (C=O) groups is 1. The summed E-state index contributed by atoms with van der Waals surface area (Å²) in [6.45, 7) is 7.48. The van der Waals surface area contributed by atoms with E-state index in [0.717, 1.165) is 44.8 Å². The number of hydrogen-bond donors (Lipinski definition) is 1. The summed E-state index contributed by atoms with van der Waals surface area (Å²) in [5.41, 5.74) is 3.63. The molecule has 2 aromatic rings. The van der Waals surface area contributed by atoms with Crippen LogP contribution in [0.25, 0.3) is 10.9 Å². The second-order valence-electron chi connectivity index (χ2n) is 8.20. The number of nitrogens with one attached hydrogen (secondary N) is 1. The maximum Gasteiger partial charge on any atom is 0.312 e. The van der Waals surface area contributed by atoms with Crippen LogP contribution in [0.5, 0.6) is 0 Å². The molecule has 0 bridgehead atoms. The Bertz CT molecular complexity index is 783. The molecule has 1 saturated heterocycles. The minimum absolute atomic E-state index is 0.0508. The molecule has 4 rings (SSSR count). The van der Waals surface area contributed by atoms with Gasteiger partial charge in [-0.1, -0.05) is 31.0 Å².